The van der Waals surface area contributed by atoms with E-state index >= 15 is 0 Å². The van der Waals surface area contributed by atoms with Crippen LogP contribution in [-0.4, -0.2) is 31.6 Å². The first kappa shape index (κ1) is 16.9. The predicted octanol–water partition coefficient (Wildman–Crippen LogP) is 0.394. The largest absolute Gasteiger partial charge is 0.352 e. The number of aromatic amines is 1. The minimum atomic E-state index is -0.428. The van der Waals surface area contributed by atoms with Crippen molar-refractivity contribution in [2.75, 3.05) is 6.54 Å². The molecule has 0 aliphatic rings. The van der Waals surface area contributed by atoms with Crippen molar-refractivity contribution in [1.29, 1.82) is 0 Å². The Kier molecular flexibility index (Phi) is 4.66. The van der Waals surface area contributed by atoms with Crippen molar-refractivity contribution in [3.05, 3.63) is 55.1 Å². The van der Waals surface area contributed by atoms with Gasteiger partial charge in [-0.25, -0.2) is 9.78 Å². The van der Waals surface area contributed by atoms with Gasteiger partial charge in [0, 0.05) is 38.0 Å². The SMILES string of the molecule is Cn1c(=O)c2[nH]c(CCNC(=O)/C=C/c3cccs3)nc2n(C)c1=O. The normalized spacial score (nSPS) is 11.4. The van der Waals surface area contributed by atoms with Crippen LogP contribution in [0.4, 0.5) is 0 Å². The van der Waals surface area contributed by atoms with E-state index in [9.17, 15) is 14.4 Å². The molecular formula is C16H17N5O3S. The molecule has 3 heterocycles. The zero-order valence-corrected chi connectivity index (χ0v) is 14.6. The zero-order valence-electron chi connectivity index (χ0n) is 13.8. The second kappa shape index (κ2) is 6.89. The molecule has 0 atom stereocenters. The van der Waals surface area contributed by atoms with Crippen LogP contribution < -0.4 is 16.6 Å². The van der Waals surface area contributed by atoms with Crippen LogP contribution in [0.25, 0.3) is 17.2 Å². The molecule has 0 radical (unpaired) electrons. The number of carbonyl (C=O) groups is 1. The number of hydrogen-bond donors (Lipinski definition) is 2. The summed E-state index contributed by atoms with van der Waals surface area (Å²) in [5, 5.41) is 4.70. The number of rotatable bonds is 5. The highest BCUT2D eigenvalue weighted by atomic mass is 32.1. The maximum Gasteiger partial charge on any atom is 0.332 e. The first-order valence-corrected chi connectivity index (χ1v) is 8.49. The second-order valence-corrected chi connectivity index (χ2v) is 6.46. The number of aromatic nitrogens is 4. The van der Waals surface area contributed by atoms with Crippen molar-refractivity contribution in [1.82, 2.24) is 24.4 Å². The van der Waals surface area contributed by atoms with Crippen LogP contribution in [-0.2, 0) is 25.3 Å². The average Bonchev–Trinajstić information content (AvgIpc) is 3.26. The van der Waals surface area contributed by atoms with Gasteiger partial charge in [-0.1, -0.05) is 6.07 Å². The molecule has 3 aromatic heterocycles. The molecule has 1 amide bonds. The number of carbonyl (C=O) groups excluding carboxylic acids is 1. The van der Waals surface area contributed by atoms with Crippen LogP contribution in [0.3, 0.4) is 0 Å². The van der Waals surface area contributed by atoms with Gasteiger partial charge in [-0.15, -0.1) is 11.3 Å². The Labute approximate surface area is 146 Å². The molecule has 0 aliphatic heterocycles. The van der Waals surface area contributed by atoms with Gasteiger partial charge in [0.05, 0.1) is 0 Å². The Morgan fingerprint density at radius 3 is 2.88 bits per heavy atom. The van der Waals surface area contributed by atoms with E-state index in [2.05, 4.69) is 15.3 Å². The van der Waals surface area contributed by atoms with Gasteiger partial charge in [0.2, 0.25) is 5.91 Å². The Morgan fingerprint density at radius 2 is 2.16 bits per heavy atom. The predicted molar refractivity (Wildman–Crippen MR) is 96.6 cm³/mol. The summed E-state index contributed by atoms with van der Waals surface area (Å²) in [6.07, 6.45) is 3.65. The van der Waals surface area contributed by atoms with Crippen LogP contribution in [0.5, 0.6) is 0 Å². The molecule has 0 spiro atoms. The maximum atomic E-state index is 12.1. The van der Waals surface area contributed by atoms with E-state index in [1.54, 1.807) is 24.5 Å². The third-order valence-corrected chi connectivity index (χ3v) is 4.58. The van der Waals surface area contributed by atoms with Crippen LogP contribution in [0.2, 0.25) is 0 Å². The molecule has 0 bridgehead atoms. The van der Waals surface area contributed by atoms with Gasteiger partial charge in [0.1, 0.15) is 11.3 Å². The summed E-state index contributed by atoms with van der Waals surface area (Å²) < 4.78 is 2.35. The molecule has 2 N–H and O–H groups in total. The molecule has 0 aromatic carbocycles. The number of hydrogen-bond acceptors (Lipinski definition) is 5. The fraction of sp³-hybridized carbons (Fsp3) is 0.250. The van der Waals surface area contributed by atoms with Gasteiger partial charge in [0.25, 0.3) is 5.56 Å². The van der Waals surface area contributed by atoms with Crippen molar-refractivity contribution < 1.29 is 4.79 Å². The third-order valence-electron chi connectivity index (χ3n) is 3.75. The molecule has 3 aromatic rings. The molecule has 130 valence electrons. The van der Waals surface area contributed by atoms with Gasteiger partial charge in [-0.05, 0) is 17.5 Å². The highest BCUT2D eigenvalue weighted by molar-refractivity contribution is 7.10. The molecule has 3 rings (SSSR count). The number of imidazole rings is 1. The van der Waals surface area contributed by atoms with Crippen molar-refractivity contribution >= 4 is 34.5 Å². The number of fused-ring (bicyclic) bond motifs is 1. The van der Waals surface area contributed by atoms with Crippen LogP contribution in [0.1, 0.15) is 10.7 Å². The Morgan fingerprint density at radius 1 is 1.36 bits per heavy atom. The Hall–Kier alpha value is -2.94. The van der Waals surface area contributed by atoms with E-state index in [-0.39, 0.29) is 11.4 Å². The second-order valence-electron chi connectivity index (χ2n) is 5.48. The molecule has 0 unspecified atom stereocenters. The molecular weight excluding hydrogens is 342 g/mol. The molecule has 0 aliphatic carbocycles. The quantitative estimate of drug-likeness (QED) is 0.644. The van der Waals surface area contributed by atoms with Crippen molar-refractivity contribution in [3.8, 4) is 0 Å². The van der Waals surface area contributed by atoms with Crippen LogP contribution >= 0.6 is 11.3 Å². The lowest BCUT2D eigenvalue weighted by Gasteiger charge is -2.00. The molecule has 8 nitrogen and oxygen atoms in total. The molecule has 0 fully saturated rings. The van der Waals surface area contributed by atoms with E-state index in [0.717, 1.165) is 9.44 Å². The summed E-state index contributed by atoms with van der Waals surface area (Å²) in [4.78, 5) is 44.0. The summed E-state index contributed by atoms with van der Waals surface area (Å²) in [6.45, 7) is 0.363. The fourth-order valence-corrected chi connectivity index (χ4v) is 3.02. The van der Waals surface area contributed by atoms with E-state index in [1.165, 1.54) is 17.7 Å². The number of amides is 1. The highest BCUT2D eigenvalue weighted by Crippen LogP contribution is 2.09. The first-order chi connectivity index (χ1) is 12.0. The van der Waals surface area contributed by atoms with Gasteiger partial charge in [-0.3, -0.25) is 18.7 Å². The average molecular weight is 359 g/mol. The Bertz CT molecular complexity index is 1060. The van der Waals surface area contributed by atoms with E-state index in [0.29, 0.717) is 24.4 Å². The fourth-order valence-electron chi connectivity index (χ4n) is 2.40. The van der Waals surface area contributed by atoms with Crippen LogP contribution in [0.15, 0.2) is 33.2 Å². The minimum Gasteiger partial charge on any atom is -0.352 e. The summed E-state index contributed by atoms with van der Waals surface area (Å²) in [6, 6.07) is 3.84. The van der Waals surface area contributed by atoms with Crippen molar-refractivity contribution in [3.63, 3.8) is 0 Å². The monoisotopic (exact) mass is 359 g/mol. The highest BCUT2D eigenvalue weighted by Gasteiger charge is 2.13. The Balaban J connectivity index is 1.67. The lowest BCUT2D eigenvalue weighted by molar-refractivity contribution is -0.116. The van der Waals surface area contributed by atoms with Gasteiger partial charge in [-0.2, -0.15) is 0 Å². The maximum absolute atomic E-state index is 12.1. The molecule has 25 heavy (non-hydrogen) atoms. The third kappa shape index (κ3) is 3.45. The number of nitrogens with zero attached hydrogens (tertiary/aromatic N) is 3. The number of thiophene rings is 1. The van der Waals surface area contributed by atoms with Gasteiger partial charge in [0.15, 0.2) is 5.65 Å². The summed E-state index contributed by atoms with van der Waals surface area (Å²) in [7, 11) is 2.98. The lowest BCUT2D eigenvalue weighted by Crippen LogP contribution is -2.36. The molecule has 0 saturated heterocycles. The summed E-state index contributed by atoms with van der Waals surface area (Å²) >= 11 is 1.55. The smallest absolute Gasteiger partial charge is 0.332 e. The lowest BCUT2D eigenvalue weighted by atomic mass is 10.3. The van der Waals surface area contributed by atoms with Gasteiger partial charge < -0.3 is 10.3 Å². The van der Waals surface area contributed by atoms with E-state index < -0.39 is 11.2 Å². The molecule has 0 saturated carbocycles. The number of aryl methyl sites for hydroxylation is 1. The van der Waals surface area contributed by atoms with Crippen LogP contribution in [0, 0.1) is 0 Å². The first-order valence-electron chi connectivity index (χ1n) is 7.61. The number of nitrogens with one attached hydrogen (secondary N) is 2. The van der Waals surface area contributed by atoms with Gasteiger partial charge >= 0.3 is 5.69 Å². The standard InChI is InChI=1S/C16H17N5O3S/c1-20-14-13(15(23)21(2)16(20)24)18-11(19-14)7-8-17-12(22)6-5-10-4-3-9-25-10/h3-6,9H,7-8H2,1-2H3,(H,17,22)(H,18,19)/b6-5+. The zero-order chi connectivity index (χ0) is 18.0. The minimum absolute atomic E-state index is 0.201. The van der Waals surface area contributed by atoms with Crippen molar-refractivity contribution in [2.45, 2.75) is 6.42 Å². The summed E-state index contributed by atoms with van der Waals surface area (Å²) in [5.41, 5.74) is -0.252. The van der Waals surface area contributed by atoms with Crippen molar-refractivity contribution in [2.24, 2.45) is 14.1 Å². The van der Waals surface area contributed by atoms with E-state index in [1.807, 2.05) is 17.5 Å². The topological polar surface area (TPSA) is 102 Å². The molecule has 9 heteroatoms. The summed E-state index contributed by atoms with van der Waals surface area (Å²) in [5.74, 6) is 0.337. The number of H-pyrrole nitrogens is 1. The van der Waals surface area contributed by atoms with E-state index in [4.69, 9.17) is 0 Å².